The fourth-order valence-corrected chi connectivity index (χ4v) is 3.75. The summed E-state index contributed by atoms with van der Waals surface area (Å²) in [5.74, 6) is 4.22. The Labute approximate surface area is 152 Å². The van der Waals surface area contributed by atoms with Crippen LogP contribution in [0.5, 0.6) is 0 Å². The van der Waals surface area contributed by atoms with Crippen LogP contribution < -0.4 is 5.56 Å². The Morgan fingerprint density at radius 1 is 1.19 bits per heavy atom. The van der Waals surface area contributed by atoms with Crippen molar-refractivity contribution in [2.45, 2.75) is 51.2 Å². The van der Waals surface area contributed by atoms with Gasteiger partial charge in [0.1, 0.15) is 17.3 Å². The van der Waals surface area contributed by atoms with E-state index in [1.54, 1.807) is 0 Å². The van der Waals surface area contributed by atoms with Crippen molar-refractivity contribution in [2.75, 3.05) is 0 Å². The Morgan fingerprint density at radius 2 is 2.00 bits per heavy atom. The summed E-state index contributed by atoms with van der Waals surface area (Å²) in [6, 6.07) is 12.3. The molecule has 5 nitrogen and oxygen atoms in total. The van der Waals surface area contributed by atoms with Gasteiger partial charge >= 0.3 is 0 Å². The van der Waals surface area contributed by atoms with E-state index < -0.39 is 0 Å². The zero-order chi connectivity index (χ0) is 17.7. The number of nitrogens with one attached hydrogen (secondary N) is 1. The molecule has 1 aromatic carbocycles. The number of H-pyrrole nitrogens is 1. The summed E-state index contributed by atoms with van der Waals surface area (Å²) in [7, 11) is 0. The van der Waals surface area contributed by atoms with Crippen LogP contribution in [0.25, 0.3) is 10.9 Å². The maximum Gasteiger partial charge on any atom is 0.258 e. The van der Waals surface area contributed by atoms with Gasteiger partial charge < -0.3 is 9.40 Å². The Hall–Kier alpha value is -2.40. The number of benzene rings is 1. The van der Waals surface area contributed by atoms with Crippen LogP contribution in [0.1, 0.15) is 49.4 Å². The second-order valence-electron chi connectivity index (χ2n) is 7.79. The standard InChI is InChI=1S/C21H23N3O2/c1-13-10-17(13)19-9-8-15(26-19)11-24(14-6-7-14)12-20-22-18-5-3-2-4-16(18)21(25)23-20/h2-5,8-9,13-14,17H,6-7,10-12H2,1H3,(H,22,23,25)/t13-,17+/m1/s1. The van der Waals surface area contributed by atoms with Crippen molar-refractivity contribution >= 4 is 10.9 Å². The molecule has 2 aliphatic carbocycles. The summed E-state index contributed by atoms with van der Waals surface area (Å²) < 4.78 is 6.08. The molecule has 2 fully saturated rings. The Balaban J connectivity index is 1.36. The number of hydrogen-bond acceptors (Lipinski definition) is 4. The first-order valence-corrected chi connectivity index (χ1v) is 9.48. The molecule has 0 saturated heterocycles. The van der Waals surface area contributed by atoms with Crippen LogP contribution in [0, 0.1) is 5.92 Å². The van der Waals surface area contributed by atoms with Crippen molar-refractivity contribution in [3.8, 4) is 0 Å². The average molecular weight is 349 g/mol. The number of para-hydroxylation sites is 1. The normalized spacial score (nSPS) is 22.2. The highest BCUT2D eigenvalue weighted by Gasteiger charge is 2.37. The van der Waals surface area contributed by atoms with E-state index in [0.29, 0.717) is 23.9 Å². The molecule has 0 spiro atoms. The molecule has 2 aliphatic rings. The van der Waals surface area contributed by atoms with Crippen LogP contribution in [0.4, 0.5) is 0 Å². The van der Waals surface area contributed by atoms with E-state index in [0.717, 1.165) is 35.3 Å². The molecule has 5 heteroatoms. The van der Waals surface area contributed by atoms with Gasteiger partial charge in [-0.25, -0.2) is 4.98 Å². The van der Waals surface area contributed by atoms with E-state index in [1.165, 1.54) is 19.3 Å². The second-order valence-corrected chi connectivity index (χ2v) is 7.79. The first-order chi connectivity index (χ1) is 12.7. The molecule has 0 bridgehead atoms. The van der Waals surface area contributed by atoms with Crippen molar-refractivity contribution in [3.63, 3.8) is 0 Å². The number of rotatable bonds is 6. The Kier molecular flexibility index (Phi) is 3.71. The van der Waals surface area contributed by atoms with Crippen molar-refractivity contribution in [1.29, 1.82) is 0 Å². The minimum atomic E-state index is -0.0654. The summed E-state index contributed by atoms with van der Waals surface area (Å²) in [6.45, 7) is 3.67. The predicted octanol–water partition coefficient (Wildman–Crippen LogP) is 3.80. The van der Waals surface area contributed by atoms with Crippen molar-refractivity contribution in [1.82, 2.24) is 14.9 Å². The third kappa shape index (κ3) is 3.07. The SMILES string of the molecule is C[C@@H]1C[C@@H]1c1ccc(CN(Cc2nc3ccccc3c(=O)[nH]2)C2CC2)o1. The second kappa shape index (κ2) is 6.09. The summed E-state index contributed by atoms with van der Waals surface area (Å²) in [5.41, 5.74) is 0.689. The van der Waals surface area contributed by atoms with Gasteiger partial charge in [-0.3, -0.25) is 9.69 Å². The number of nitrogens with zero attached hydrogens (tertiary/aromatic N) is 2. The van der Waals surface area contributed by atoms with Gasteiger partial charge in [-0.15, -0.1) is 0 Å². The lowest BCUT2D eigenvalue weighted by molar-refractivity contribution is 0.218. The highest BCUT2D eigenvalue weighted by atomic mass is 16.3. The van der Waals surface area contributed by atoms with Crippen LogP contribution in [-0.4, -0.2) is 20.9 Å². The molecule has 2 atom stereocenters. The van der Waals surface area contributed by atoms with Crippen LogP contribution >= 0.6 is 0 Å². The zero-order valence-electron chi connectivity index (χ0n) is 14.9. The summed E-state index contributed by atoms with van der Waals surface area (Å²) in [4.78, 5) is 22.3. The quantitative estimate of drug-likeness (QED) is 0.735. The number of hydrogen-bond donors (Lipinski definition) is 1. The fourth-order valence-electron chi connectivity index (χ4n) is 3.75. The van der Waals surface area contributed by atoms with Gasteiger partial charge in [0.25, 0.3) is 5.56 Å². The molecule has 0 unspecified atom stereocenters. The average Bonchev–Trinajstić information content (AvgIpc) is 3.55. The number of fused-ring (bicyclic) bond motifs is 1. The smallest absolute Gasteiger partial charge is 0.258 e. The van der Waals surface area contributed by atoms with Gasteiger partial charge in [0.2, 0.25) is 0 Å². The van der Waals surface area contributed by atoms with Crippen molar-refractivity contribution in [3.05, 3.63) is 64.1 Å². The van der Waals surface area contributed by atoms with Crippen molar-refractivity contribution in [2.24, 2.45) is 5.92 Å². The van der Waals surface area contributed by atoms with Gasteiger partial charge in [0.15, 0.2) is 0 Å². The number of aromatic nitrogens is 2. The molecule has 1 N–H and O–H groups in total. The third-order valence-corrected chi connectivity index (χ3v) is 5.59. The predicted molar refractivity (Wildman–Crippen MR) is 99.9 cm³/mol. The van der Waals surface area contributed by atoms with Gasteiger partial charge in [-0.1, -0.05) is 19.1 Å². The summed E-state index contributed by atoms with van der Waals surface area (Å²) >= 11 is 0. The van der Waals surface area contributed by atoms with Crippen molar-refractivity contribution < 1.29 is 4.42 Å². The maximum atomic E-state index is 12.3. The summed E-state index contributed by atoms with van der Waals surface area (Å²) in [5, 5.41) is 0.642. The molecule has 5 rings (SSSR count). The molecule has 26 heavy (non-hydrogen) atoms. The monoisotopic (exact) mass is 349 g/mol. The highest BCUT2D eigenvalue weighted by molar-refractivity contribution is 5.77. The molecule has 2 heterocycles. The maximum absolute atomic E-state index is 12.3. The molecule has 3 aromatic rings. The molecule has 0 amide bonds. The van der Waals surface area contributed by atoms with E-state index in [4.69, 9.17) is 4.42 Å². The Bertz CT molecular complexity index is 1000. The van der Waals surface area contributed by atoms with Crippen LogP contribution in [0.3, 0.4) is 0 Å². The number of furan rings is 1. The molecule has 2 saturated carbocycles. The first kappa shape index (κ1) is 15.8. The van der Waals surface area contributed by atoms with Gasteiger partial charge in [-0.2, -0.15) is 0 Å². The molecular weight excluding hydrogens is 326 g/mol. The molecular formula is C21H23N3O2. The number of aromatic amines is 1. The topological polar surface area (TPSA) is 62.1 Å². The molecule has 2 aromatic heterocycles. The molecule has 0 aliphatic heterocycles. The van der Waals surface area contributed by atoms with E-state index in [2.05, 4.69) is 33.9 Å². The Morgan fingerprint density at radius 3 is 2.77 bits per heavy atom. The van der Waals surface area contributed by atoms with Gasteiger partial charge in [0.05, 0.1) is 24.0 Å². The fraction of sp³-hybridized carbons (Fsp3) is 0.429. The lowest BCUT2D eigenvalue weighted by atomic mass is 10.2. The van der Waals surface area contributed by atoms with E-state index >= 15 is 0 Å². The highest BCUT2D eigenvalue weighted by Crippen LogP contribution is 2.47. The van der Waals surface area contributed by atoms with E-state index in [-0.39, 0.29) is 5.56 Å². The van der Waals surface area contributed by atoms with Crippen LogP contribution in [-0.2, 0) is 13.1 Å². The molecule has 0 radical (unpaired) electrons. The third-order valence-electron chi connectivity index (χ3n) is 5.59. The largest absolute Gasteiger partial charge is 0.464 e. The zero-order valence-corrected chi connectivity index (χ0v) is 14.9. The minimum absolute atomic E-state index is 0.0654. The summed E-state index contributed by atoms with van der Waals surface area (Å²) in [6.07, 6.45) is 3.64. The molecule has 134 valence electrons. The van der Waals surface area contributed by atoms with Crippen LogP contribution in [0.15, 0.2) is 45.6 Å². The van der Waals surface area contributed by atoms with Gasteiger partial charge in [0, 0.05) is 12.0 Å². The lowest BCUT2D eigenvalue weighted by Crippen LogP contribution is -2.27. The van der Waals surface area contributed by atoms with E-state index in [9.17, 15) is 4.79 Å². The van der Waals surface area contributed by atoms with Gasteiger partial charge in [-0.05, 0) is 49.4 Å². The first-order valence-electron chi connectivity index (χ1n) is 9.48. The minimum Gasteiger partial charge on any atom is -0.464 e. The van der Waals surface area contributed by atoms with Crippen LogP contribution in [0.2, 0.25) is 0 Å². The lowest BCUT2D eigenvalue weighted by Gasteiger charge is -2.20. The van der Waals surface area contributed by atoms with E-state index in [1.807, 2.05) is 24.3 Å².